The molecule has 0 amide bonds. The van der Waals surface area contributed by atoms with E-state index in [0.717, 1.165) is 10.9 Å². The third kappa shape index (κ3) is 1.62. The highest BCUT2D eigenvalue weighted by Gasteiger charge is 2.22. The van der Waals surface area contributed by atoms with Crippen LogP contribution in [0.15, 0.2) is 35.0 Å². The van der Waals surface area contributed by atoms with Gasteiger partial charge in [0.2, 0.25) is 6.20 Å². The number of hydrogen-bond donors (Lipinski definition) is 0. The molecule has 1 aromatic carbocycles. The molecule has 2 rings (SSSR count). The summed E-state index contributed by atoms with van der Waals surface area (Å²) < 4.78 is 5.32. The summed E-state index contributed by atoms with van der Waals surface area (Å²) in [5, 5.41) is 24.7. The summed E-state index contributed by atoms with van der Waals surface area (Å²) in [5.74, 6) is -0.659. The second-order valence-corrected chi connectivity index (χ2v) is 2.71. The van der Waals surface area contributed by atoms with Crippen LogP contribution < -0.4 is 9.79 Å². The Hall–Kier alpha value is -2.44. The molecule has 0 aliphatic rings. The van der Waals surface area contributed by atoms with E-state index in [4.69, 9.17) is 0 Å². The molecule has 0 N–H and O–H groups in total. The Balaban J connectivity index is 2.57. The topological polar surface area (TPSA) is 96.1 Å². The van der Waals surface area contributed by atoms with Crippen LogP contribution in [0.4, 0.5) is 5.69 Å². The minimum Gasteiger partial charge on any atom is -0.539 e. The summed E-state index contributed by atoms with van der Waals surface area (Å²) in [4.78, 5) is 10.1. The van der Waals surface area contributed by atoms with E-state index in [1.165, 1.54) is 18.2 Å². The van der Waals surface area contributed by atoms with Gasteiger partial charge in [-0.1, -0.05) is 12.1 Å². The maximum absolute atomic E-state index is 10.7. The highest BCUT2D eigenvalue weighted by molar-refractivity contribution is 5.45. The molecule has 0 radical (unpaired) electrons. The Morgan fingerprint density at radius 1 is 1.40 bits per heavy atom. The molecule has 15 heavy (non-hydrogen) atoms. The highest BCUT2D eigenvalue weighted by Crippen LogP contribution is 2.17. The molecule has 0 unspecified atom stereocenters. The lowest BCUT2D eigenvalue weighted by atomic mass is 10.3. The third-order valence-electron chi connectivity index (χ3n) is 1.77. The van der Waals surface area contributed by atoms with Gasteiger partial charge in [0.1, 0.15) is 5.95 Å². The largest absolute Gasteiger partial charge is 0.539 e. The van der Waals surface area contributed by atoms with Gasteiger partial charge in [-0.2, -0.15) is 0 Å². The molecule has 7 heteroatoms. The Morgan fingerprint density at radius 2 is 2.13 bits per heavy atom. The third-order valence-corrected chi connectivity index (χ3v) is 1.77. The zero-order valence-corrected chi connectivity index (χ0v) is 7.36. The molecule has 2 aromatic rings. The van der Waals surface area contributed by atoms with Crippen LogP contribution in [0.1, 0.15) is 0 Å². The summed E-state index contributed by atoms with van der Waals surface area (Å²) in [6.07, 6.45) is 1.03. The SMILES string of the molecule is O=[N+]([O-])c1ccccc1-[n+]1cc([O-])on1. The fraction of sp³-hybridized carbons (Fsp3) is 0. The van der Waals surface area contributed by atoms with Crippen LogP contribution in [0, 0.1) is 10.1 Å². The van der Waals surface area contributed by atoms with E-state index in [2.05, 4.69) is 9.79 Å². The smallest absolute Gasteiger partial charge is 0.342 e. The van der Waals surface area contributed by atoms with Crippen LogP contribution in [0.25, 0.3) is 5.69 Å². The number of benzene rings is 1. The summed E-state index contributed by atoms with van der Waals surface area (Å²) in [5.41, 5.74) is 0.0455. The fourth-order valence-electron chi connectivity index (χ4n) is 1.16. The van der Waals surface area contributed by atoms with E-state index in [1.807, 2.05) is 0 Å². The lowest BCUT2D eigenvalue weighted by Crippen LogP contribution is -2.32. The second-order valence-electron chi connectivity index (χ2n) is 2.71. The summed E-state index contributed by atoms with van der Waals surface area (Å²) in [7, 11) is 0. The van der Waals surface area contributed by atoms with Gasteiger partial charge in [-0.05, 0) is 4.68 Å². The van der Waals surface area contributed by atoms with E-state index in [-0.39, 0.29) is 11.4 Å². The van der Waals surface area contributed by atoms with Crippen LogP contribution in [0.3, 0.4) is 0 Å². The fourth-order valence-corrected chi connectivity index (χ4v) is 1.16. The van der Waals surface area contributed by atoms with Crippen LogP contribution in [0.2, 0.25) is 0 Å². The number of hydrogen-bond acceptors (Lipinski definition) is 5. The van der Waals surface area contributed by atoms with E-state index in [0.29, 0.717) is 0 Å². The highest BCUT2D eigenvalue weighted by atomic mass is 16.6. The van der Waals surface area contributed by atoms with Gasteiger partial charge in [0.05, 0.1) is 10.2 Å². The van der Waals surface area contributed by atoms with Crippen molar-refractivity contribution in [2.75, 3.05) is 0 Å². The first kappa shape index (κ1) is 9.13. The van der Waals surface area contributed by atoms with Gasteiger partial charge in [-0.25, -0.2) is 0 Å². The van der Waals surface area contributed by atoms with Crippen molar-refractivity contribution in [2.24, 2.45) is 0 Å². The van der Waals surface area contributed by atoms with Gasteiger partial charge in [0.25, 0.3) is 0 Å². The summed E-state index contributed by atoms with van der Waals surface area (Å²) in [6, 6.07) is 5.93. The van der Waals surface area contributed by atoms with E-state index < -0.39 is 10.9 Å². The predicted octanol–water partition coefficient (Wildman–Crippen LogP) is -0.0669. The van der Waals surface area contributed by atoms with E-state index in [1.54, 1.807) is 6.07 Å². The van der Waals surface area contributed by atoms with Crippen molar-refractivity contribution < 1.29 is 19.2 Å². The van der Waals surface area contributed by atoms with Gasteiger partial charge in [-0.15, -0.1) is 0 Å². The number of nitrogens with zero attached hydrogens (tertiary/aromatic N) is 3. The average molecular weight is 207 g/mol. The van der Waals surface area contributed by atoms with Gasteiger partial charge in [-0.3, -0.25) is 10.1 Å². The Labute approximate surface area is 83.3 Å². The molecule has 0 saturated heterocycles. The Kier molecular flexibility index (Phi) is 2.05. The predicted molar refractivity (Wildman–Crippen MR) is 44.1 cm³/mol. The van der Waals surface area contributed by atoms with Crippen LogP contribution in [-0.2, 0) is 0 Å². The van der Waals surface area contributed by atoms with Crippen molar-refractivity contribution in [3.05, 3.63) is 40.6 Å². The zero-order valence-electron chi connectivity index (χ0n) is 7.36. The van der Waals surface area contributed by atoms with Gasteiger partial charge in [0, 0.05) is 12.1 Å². The first-order chi connectivity index (χ1) is 7.18. The normalized spacial score (nSPS) is 10.1. The van der Waals surface area contributed by atoms with Crippen molar-refractivity contribution in [3.8, 4) is 11.6 Å². The quantitative estimate of drug-likeness (QED) is 0.390. The molecular weight excluding hydrogens is 202 g/mol. The molecule has 1 heterocycles. The molecule has 0 aliphatic heterocycles. The average Bonchev–Trinajstić information content (AvgIpc) is 2.65. The zero-order chi connectivity index (χ0) is 10.8. The van der Waals surface area contributed by atoms with Crippen molar-refractivity contribution >= 4 is 5.69 Å². The van der Waals surface area contributed by atoms with Crippen molar-refractivity contribution in [1.29, 1.82) is 0 Å². The first-order valence-electron chi connectivity index (χ1n) is 3.98. The molecule has 1 aromatic heterocycles. The van der Waals surface area contributed by atoms with Gasteiger partial charge < -0.3 is 9.63 Å². The monoisotopic (exact) mass is 207 g/mol. The van der Waals surface area contributed by atoms with Crippen molar-refractivity contribution in [3.63, 3.8) is 0 Å². The number of aromatic nitrogens is 2. The standard InChI is InChI=1S/C8H5N3O4/c12-8-5-10(9-15-8)6-3-1-2-4-7(6)11(13)14/h1-5H. The van der Waals surface area contributed by atoms with Crippen LogP contribution >= 0.6 is 0 Å². The lowest BCUT2D eigenvalue weighted by Gasteiger charge is -1.91. The molecule has 7 nitrogen and oxygen atoms in total. The number of rotatable bonds is 2. The number of nitro benzene ring substituents is 1. The molecule has 0 bridgehead atoms. The maximum atomic E-state index is 10.7. The van der Waals surface area contributed by atoms with Crippen LogP contribution in [0.5, 0.6) is 5.95 Å². The first-order valence-corrected chi connectivity index (χ1v) is 3.98. The molecule has 0 fully saturated rings. The molecule has 0 saturated carbocycles. The van der Waals surface area contributed by atoms with Gasteiger partial charge in [0.15, 0.2) is 0 Å². The van der Waals surface area contributed by atoms with Crippen molar-refractivity contribution in [1.82, 2.24) is 5.27 Å². The molecule has 0 atom stereocenters. The molecular formula is C8H5N3O4. The van der Waals surface area contributed by atoms with Crippen LogP contribution in [-0.4, -0.2) is 10.2 Å². The molecule has 76 valence electrons. The summed E-state index contributed by atoms with van der Waals surface area (Å²) >= 11 is 0. The van der Waals surface area contributed by atoms with Crippen molar-refractivity contribution in [2.45, 2.75) is 0 Å². The second kappa shape index (κ2) is 3.37. The Morgan fingerprint density at radius 3 is 2.73 bits per heavy atom. The van der Waals surface area contributed by atoms with E-state index >= 15 is 0 Å². The maximum Gasteiger partial charge on any atom is 0.342 e. The molecule has 0 aliphatic carbocycles. The minimum absolute atomic E-state index is 0.143. The number of para-hydroxylation sites is 2. The summed E-state index contributed by atoms with van der Waals surface area (Å²) in [6.45, 7) is 0. The lowest BCUT2D eigenvalue weighted by molar-refractivity contribution is -0.673. The molecule has 0 spiro atoms. The Bertz CT molecular complexity index is 508. The number of nitro groups is 1. The van der Waals surface area contributed by atoms with E-state index in [9.17, 15) is 15.2 Å². The van der Waals surface area contributed by atoms with Gasteiger partial charge >= 0.3 is 11.4 Å². The minimum atomic E-state index is -0.659.